The van der Waals surface area contributed by atoms with Crippen molar-refractivity contribution in [2.75, 3.05) is 7.11 Å². The molecular formula is C9H6INO2S2. The van der Waals surface area contributed by atoms with Gasteiger partial charge in [-0.05, 0) is 34.0 Å². The fraction of sp³-hybridized carbons (Fsp3) is 0.111. The molecule has 0 atom stereocenters. The van der Waals surface area contributed by atoms with Crippen LogP contribution in [0.3, 0.4) is 0 Å². The zero-order chi connectivity index (χ0) is 10.8. The van der Waals surface area contributed by atoms with Crippen LogP contribution >= 0.6 is 45.3 Å². The van der Waals surface area contributed by atoms with Crippen molar-refractivity contribution in [1.29, 1.82) is 0 Å². The number of thiophene rings is 1. The van der Waals surface area contributed by atoms with E-state index in [-0.39, 0.29) is 5.78 Å². The van der Waals surface area contributed by atoms with Gasteiger partial charge in [0, 0.05) is 3.57 Å². The lowest BCUT2D eigenvalue weighted by Gasteiger charge is -1.93. The van der Waals surface area contributed by atoms with Gasteiger partial charge in [0.25, 0.3) is 5.19 Å². The number of aromatic nitrogens is 1. The van der Waals surface area contributed by atoms with E-state index in [0.29, 0.717) is 10.1 Å². The Balaban J connectivity index is 2.32. The Labute approximate surface area is 108 Å². The monoisotopic (exact) mass is 351 g/mol. The van der Waals surface area contributed by atoms with Crippen molar-refractivity contribution in [2.45, 2.75) is 0 Å². The van der Waals surface area contributed by atoms with Crippen molar-refractivity contribution in [1.82, 2.24) is 4.98 Å². The van der Waals surface area contributed by atoms with Gasteiger partial charge in [-0.3, -0.25) is 4.79 Å². The summed E-state index contributed by atoms with van der Waals surface area (Å²) in [6.45, 7) is 0. The average Bonchev–Trinajstić information content (AvgIpc) is 2.84. The second-order valence-corrected chi connectivity index (χ2v) is 5.69. The van der Waals surface area contributed by atoms with Gasteiger partial charge in [0.05, 0.1) is 23.1 Å². The van der Waals surface area contributed by atoms with Crippen molar-refractivity contribution in [3.63, 3.8) is 0 Å². The molecule has 0 spiro atoms. The highest BCUT2D eigenvalue weighted by atomic mass is 127. The summed E-state index contributed by atoms with van der Waals surface area (Å²) in [5.41, 5.74) is 0. The minimum Gasteiger partial charge on any atom is -0.473 e. The van der Waals surface area contributed by atoms with Crippen LogP contribution in [-0.4, -0.2) is 17.9 Å². The molecule has 2 aromatic rings. The van der Waals surface area contributed by atoms with Crippen LogP contribution in [0.1, 0.15) is 14.5 Å². The lowest BCUT2D eigenvalue weighted by Crippen LogP contribution is -1.96. The highest BCUT2D eigenvalue weighted by Gasteiger charge is 2.16. The Morgan fingerprint density at radius 3 is 2.93 bits per heavy atom. The minimum absolute atomic E-state index is 0.0233. The molecule has 0 aromatic carbocycles. The van der Waals surface area contributed by atoms with E-state index in [0.717, 1.165) is 8.45 Å². The Hall–Kier alpha value is -0.470. The van der Waals surface area contributed by atoms with Crippen molar-refractivity contribution in [2.24, 2.45) is 0 Å². The molecule has 0 saturated heterocycles. The van der Waals surface area contributed by atoms with E-state index in [1.54, 1.807) is 13.3 Å². The number of hydrogen-bond acceptors (Lipinski definition) is 5. The number of methoxy groups -OCH3 is 1. The van der Waals surface area contributed by atoms with Gasteiger partial charge in [-0.1, -0.05) is 11.3 Å². The second-order valence-electron chi connectivity index (χ2n) is 2.62. The van der Waals surface area contributed by atoms with E-state index in [2.05, 4.69) is 27.6 Å². The van der Waals surface area contributed by atoms with Crippen molar-refractivity contribution in [3.8, 4) is 5.19 Å². The molecule has 0 aliphatic heterocycles. The number of rotatable bonds is 3. The van der Waals surface area contributed by atoms with Gasteiger partial charge in [0.1, 0.15) is 0 Å². The maximum absolute atomic E-state index is 12.0. The predicted octanol–water partition coefficient (Wildman–Crippen LogP) is 3.05. The summed E-state index contributed by atoms with van der Waals surface area (Å²) >= 11 is 4.87. The summed E-state index contributed by atoms with van der Waals surface area (Å²) in [6.07, 6.45) is 1.56. The molecule has 2 rings (SSSR count). The van der Waals surface area contributed by atoms with Gasteiger partial charge in [-0.25, -0.2) is 4.98 Å². The Morgan fingerprint density at radius 2 is 2.40 bits per heavy atom. The fourth-order valence-corrected chi connectivity index (χ4v) is 3.55. The summed E-state index contributed by atoms with van der Waals surface area (Å²) in [5, 5.41) is 2.43. The van der Waals surface area contributed by atoms with Gasteiger partial charge in [0.2, 0.25) is 5.78 Å². The van der Waals surface area contributed by atoms with Gasteiger partial charge >= 0.3 is 0 Å². The Bertz CT molecular complexity index is 492. The first kappa shape index (κ1) is 11.0. The van der Waals surface area contributed by atoms with Crippen molar-refractivity contribution >= 4 is 51.0 Å². The van der Waals surface area contributed by atoms with Crippen LogP contribution in [0.4, 0.5) is 0 Å². The largest absolute Gasteiger partial charge is 0.473 e. The third-order valence-electron chi connectivity index (χ3n) is 1.71. The molecule has 0 unspecified atom stereocenters. The molecular weight excluding hydrogens is 345 g/mol. The molecule has 78 valence electrons. The number of ether oxygens (including phenoxy) is 1. The molecule has 0 bridgehead atoms. The van der Waals surface area contributed by atoms with Crippen molar-refractivity contribution < 1.29 is 9.53 Å². The van der Waals surface area contributed by atoms with E-state index in [4.69, 9.17) is 4.74 Å². The number of ketones is 1. The van der Waals surface area contributed by atoms with E-state index in [9.17, 15) is 4.79 Å². The molecule has 3 nitrogen and oxygen atoms in total. The zero-order valence-electron chi connectivity index (χ0n) is 7.69. The third-order valence-corrected chi connectivity index (χ3v) is 4.84. The van der Waals surface area contributed by atoms with Crippen LogP contribution in [0.2, 0.25) is 0 Å². The molecule has 15 heavy (non-hydrogen) atoms. The molecule has 0 fully saturated rings. The molecule has 0 saturated carbocycles. The first-order chi connectivity index (χ1) is 7.22. The summed E-state index contributed by atoms with van der Waals surface area (Å²) in [7, 11) is 1.54. The molecule has 0 amide bonds. The first-order valence-corrected chi connectivity index (χ1v) is 6.77. The SMILES string of the molecule is COc1ncc(C(=O)c2sccc2I)s1. The Kier molecular flexibility index (Phi) is 3.37. The molecule has 6 heteroatoms. The first-order valence-electron chi connectivity index (χ1n) is 4.00. The van der Waals surface area contributed by atoms with E-state index in [1.807, 2.05) is 11.4 Å². The predicted molar refractivity (Wildman–Crippen MR) is 69.1 cm³/mol. The summed E-state index contributed by atoms with van der Waals surface area (Å²) < 4.78 is 5.93. The number of carbonyl (C=O) groups is 1. The van der Waals surface area contributed by atoms with Gasteiger partial charge < -0.3 is 4.74 Å². The number of thiazole rings is 1. The van der Waals surface area contributed by atoms with Crippen LogP contribution in [-0.2, 0) is 0 Å². The second kappa shape index (κ2) is 4.58. The van der Waals surface area contributed by atoms with Gasteiger partial charge in [0.15, 0.2) is 0 Å². The maximum atomic E-state index is 12.0. The third kappa shape index (κ3) is 2.21. The zero-order valence-corrected chi connectivity index (χ0v) is 11.5. The maximum Gasteiger partial charge on any atom is 0.273 e. The van der Waals surface area contributed by atoms with Crippen LogP contribution in [0.15, 0.2) is 17.6 Å². The topological polar surface area (TPSA) is 39.2 Å². The van der Waals surface area contributed by atoms with Crippen LogP contribution in [0.25, 0.3) is 0 Å². The standard InChI is InChI=1S/C9H6INO2S2/c1-13-9-11-4-6(15-9)7(12)8-5(10)2-3-14-8/h2-4H,1H3. The molecule has 0 N–H and O–H groups in total. The molecule has 2 heterocycles. The van der Waals surface area contributed by atoms with E-state index < -0.39 is 0 Å². The van der Waals surface area contributed by atoms with Crippen LogP contribution in [0, 0.1) is 3.57 Å². The highest BCUT2D eigenvalue weighted by Crippen LogP contribution is 2.27. The lowest BCUT2D eigenvalue weighted by atomic mass is 10.3. The van der Waals surface area contributed by atoms with E-state index >= 15 is 0 Å². The highest BCUT2D eigenvalue weighted by molar-refractivity contribution is 14.1. The molecule has 2 aromatic heterocycles. The van der Waals surface area contributed by atoms with Gasteiger partial charge in [-0.15, -0.1) is 11.3 Å². The summed E-state index contributed by atoms with van der Waals surface area (Å²) in [5.74, 6) is 0.0233. The number of carbonyl (C=O) groups excluding carboxylic acids is 1. The summed E-state index contributed by atoms with van der Waals surface area (Å²) in [4.78, 5) is 17.3. The summed E-state index contributed by atoms with van der Waals surface area (Å²) in [6, 6.07) is 1.93. The Morgan fingerprint density at radius 1 is 1.60 bits per heavy atom. The lowest BCUT2D eigenvalue weighted by molar-refractivity contribution is 0.104. The average molecular weight is 351 g/mol. The number of halogens is 1. The number of hydrogen-bond donors (Lipinski definition) is 0. The fourth-order valence-electron chi connectivity index (χ4n) is 1.03. The quantitative estimate of drug-likeness (QED) is 0.630. The van der Waals surface area contributed by atoms with Crippen molar-refractivity contribution in [3.05, 3.63) is 31.0 Å². The van der Waals surface area contributed by atoms with Crippen LogP contribution in [0.5, 0.6) is 5.19 Å². The smallest absolute Gasteiger partial charge is 0.273 e. The van der Waals surface area contributed by atoms with Crippen LogP contribution < -0.4 is 4.74 Å². The number of nitrogens with zero attached hydrogens (tertiary/aromatic N) is 1. The molecule has 0 radical (unpaired) electrons. The normalized spacial score (nSPS) is 10.3. The van der Waals surface area contributed by atoms with Gasteiger partial charge in [-0.2, -0.15) is 0 Å². The minimum atomic E-state index is 0.0233. The van der Waals surface area contributed by atoms with E-state index in [1.165, 1.54) is 22.7 Å². The molecule has 0 aliphatic carbocycles. The molecule has 0 aliphatic rings.